The molecule has 0 aliphatic heterocycles. The van der Waals surface area contributed by atoms with Crippen molar-refractivity contribution < 1.29 is 19.7 Å². The van der Waals surface area contributed by atoms with Gasteiger partial charge in [0.2, 0.25) is 0 Å². The normalized spacial score (nSPS) is 11.7. The number of nitrogens with one attached hydrogen (secondary N) is 1. The first-order valence-corrected chi connectivity index (χ1v) is 6.48. The molecule has 0 bridgehead atoms. The van der Waals surface area contributed by atoms with Crippen molar-refractivity contribution in [3.8, 4) is 11.5 Å². The summed E-state index contributed by atoms with van der Waals surface area (Å²) in [5.41, 5.74) is 1.75. The summed E-state index contributed by atoms with van der Waals surface area (Å²) in [4.78, 5) is 10.8. The Kier molecular flexibility index (Phi) is 4.33. The molecule has 0 fully saturated rings. The number of carboxylic acids is 1. The molecule has 5 nitrogen and oxygen atoms in total. The molecule has 21 heavy (non-hydrogen) atoms. The monoisotopic (exact) mass is 287 g/mol. The number of carbonyl (C=O) groups is 1. The van der Waals surface area contributed by atoms with E-state index in [0.29, 0.717) is 5.75 Å². The molecule has 2 aromatic rings. The van der Waals surface area contributed by atoms with Gasteiger partial charge in [-0.25, -0.2) is 4.79 Å². The highest BCUT2D eigenvalue weighted by molar-refractivity contribution is 5.88. The molecule has 3 N–H and O–H groups in total. The van der Waals surface area contributed by atoms with E-state index in [1.807, 2.05) is 6.92 Å². The van der Waals surface area contributed by atoms with Crippen LogP contribution in [0.2, 0.25) is 0 Å². The number of aromatic carboxylic acids is 1. The van der Waals surface area contributed by atoms with E-state index in [0.717, 1.165) is 11.3 Å². The molecule has 0 spiro atoms. The van der Waals surface area contributed by atoms with Gasteiger partial charge in [0, 0.05) is 17.3 Å². The molecule has 0 saturated carbocycles. The molecular weight excluding hydrogens is 270 g/mol. The predicted molar refractivity (Wildman–Crippen MR) is 80.1 cm³/mol. The van der Waals surface area contributed by atoms with Crippen molar-refractivity contribution >= 4 is 11.7 Å². The molecule has 0 heterocycles. The molecule has 5 heteroatoms. The van der Waals surface area contributed by atoms with Crippen LogP contribution in [0.5, 0.6) is 11.5 Å². The number of anilines is 1. The second-order valence-electron chi connectivity index (χ2n) is 4.67. The third kappa shape index (κ3) is 3.45. The summed E-state index contributed by atoms with van der Waals surface area (Å²) in [5, 5.41) is 22.1. The number of rotatable bonds is 5. The molecule has 1 unspecified atom stereocenters. The number of aromatic hydroxyl groups is 1. The van der Waals surface area contributed by atoms with Gasteiger partial charge in [0.15, 0.2) is 0 Å². The van der Waals surface area contributed by atoms with Crippen LogP contribution in [-0.4, -0.2) is 23.3 Å². The van der Waals surface area contributed by atoms with Crippen LogP contribution in [0.3, 0.4) is 0 Å². The predicted octanol–water partition coefficient (Wildman–Crippen LogP) is 3.27. The number of carboxylic acid groups (broad SMARTS) is 1. The molecule has 0 saturated heterocycles. The van der Waals surface area contributed by atoms with Gasteiger partial charge >= 0.3 is 5.97 Å². The Labute approximate surface area is 122 Å². The van der Waals surface area contributed by atoms with Gasteiger partial charge in [0.25, 0.3) is 0 Å². The van der Waals surface area contributed by atoms with Crippen molar-refractivity contribution in [3.05, 3.63) is 53.6 Å². The van der Waals surface area contributed by atoms with E-state index in [2.05, 4.69) is 5.32 Å². The Morgan fingerprint density at radius 2 is 1.86 bits per heavy atom. The van der Waals surface area contributed by atoms with Crippen LogP contribution in [0.4, 0.5) is 5.69 Å². The Hall–Kier alpha value is -2.69. The molecular formula is C16H17NO4. The quantitative estimate of drug-likeness (QED) is 0.786. The van der Waals surface area contributed by atoms with Crippen molar-refractivity contribution in [2.45, 2.75) is 13.0 Å². The summed E-state index contributed by atoms with van der Waals surface area (Å²) in [6.07, 6.45) is 0. The fourth-order valence-electron chi connectivity index (χ4n) is 2.05. The average Bonchev–Trinajstić information content (AvgIpc) is 2.47. The largest absolute Gasteiger partial charge is 0.507 e. The van der Waals surface area contributed by atoms with Gasteiger partial charge in [-0.05, 0) is 43.3 Å². The van der Waals surface area contributed by atoms with Crippen molar-refractivity contribution in [1.29, 1.82) is 0 Å². The van der Waals surface area contributed by atoms with Crippen LogP contribution >= 0.6 is 0 Å². The minimum atomic E-state index is -0.956. The van der Waals surface area contributed by atoms with E-state index in [1.165, 1.54) is 12.1 Å². The number of hydrogen-bond donors (Lipinski definition) is 3. The maximum absolute atomic E-state index is 10.8. The van der Waals surface area contributed by atoms with Crippen LogP contribution in [-0.2, 0) is 0 Å². The van der Waals surface area contributed by atoms with Crippen molar-refractivity contribution in [1.82, 2.24) is 0 Å². The highest BCUT2D eigenvalue weighted by Crippen LogP contribution is 2.30. The van der Waals surface area contributed by atoms with E-state index in [1.54, 1.807) is 37.4 Å². The van der Waals surface area contributed by atoms with Gasteiger partial charge in [-0.2, -0.15) is 0 Å². The Morgan fingerprint density at radius 1 is 1.19 bits per heavy atom. The van der Waals surface area contributed by atoms with Gasteiger partial charge in [-0.1, -0.05) is 0 Å². The maximum Gasteiger partial charge on any atom is 0.335 e. The molecule has 0 radical (unpaired) electrons. The van der Waals surface area contributed by atoms with Gasteiger partial charge in [0.05, 0.1) is 18.7 Å². The van der Waals surface area contributed by atoms with E-state index >= 15 is 0 Å². The standard InChI is InChI=1S/C16H17NO4/c1-10(14-8-7-13(21-2)9-15(14)18)17-12-5-3-11(4-6-12)16(19)20/h3-10,17-18H,1-2H3,(H,19,20). The van der Waals surface area contributed by atoms with Gasteiger partial charge < -0.3 is 20.3 Å². The minimum Gasteiger partial charge on any atom is -0.507 e. The summed E-state index contributed by atoms with van der Waals surface area (Å²) < 4.78 is 5.05. The van der Waals surface area contributed by atoms with Crippen LogP contribution < -0.4 is 10.1 Å². The molecule has 0 aliphatic rings. The zero-order valence-corrected chi connectivity index (χ0v) is 11.8. The first-order chi connectivity index (χ1) is 10.0. The molecule has 0 amide bonds. The van der Waals surface area contributed by atoms with Crippen LogP contribution in [0, 0.1) is 0 Å². The lowest BCUT2D eigenvalue weighted by Gasteiger charge is -2.17. The molecule has 0 aromatic heterocycles. The second kappa shape index (κ2) is 6.17. The SMILES string of the molecule is COc1ccc(C(C)Nc2ccc(C(=O)O)cc2)c(O)c1. The summed E-state index contributed by atoms with van der Waals surface area (Å²) in [7, 11) is 1.54. The smallest absolute Gasteiger partial charge is 0.335 e. The van der Waals surface area contributed by atoms with Gasteiger partial charge in [-0.3, -0.25) is 0 Å². The lowest BCUT2D eigenvalue weighted by atomic mass is 10.1. The molecule has 110 valence electrons. The lowest BCUT2D eigenvalue weighted by Crippen LogP contribution is -2.07. The minimum absolute atomic E-state index is 0.133. The van der Waals surface area contributed by atoms with E-state index in [4.69, 9.17) is 9.84 Å². The summed E-state index contributed by atoms with van der Waals surface area (Å²) in [5.74, 6) is -0.215. The lowest BCUT2D eigenvalue weighted by molar-refractivity contribution is 0.0697. The first-order valence-electron chi connectivity index (χ1n) is 6.48. The van der Waals surface area contributed by atoms with Crippen molar-refractivity contribution in [2.24, 2.45) is 0 Å². The van der Waals surface area contributed by atoms with Gasteiger partial charge in [0.1, 0.15) is 11.5 Å². The van der Waals surface area contributed by atoms with Crippen LogP contribution in [0.15, 0.2) is 42.5 Å². The number of ether oxygens (including phenoxy) is 1. The van der Waals surface area contributed by atoms with E-state index < -0.39 is 5.97 Å². The second-order valence-corrected chi connectivity index (χ2v) is 4.67. The highest BCUT2D eigenvalue weighted by atomic mass is 16.5. The number of methoxy groups -OCH3 is 1. The fourth-order valence-corrected chi connectivity index (χ4v) is 2.05. The first kappa shape index (κ1) is 14.7. The highest BCUT2D eigenvalue weighted by Gasteiger charge is 2.11. The Morgan fingerprint density at radius 3 is 2.38 bits per heavy atom. The van der Waals surface area contributed by atoms with Gasteiger partial charge in [-0.15, -0.1) is 0 Å². The number of benzene rings is 2. The number of hydrogen-bond acceptors (Lipinski definition) is 4. The van der Waals surface area contributed by atoms with Crippen molar-refractivity contribution in [2.75, 3.05) is 12.4 Å². The molecule has 2 rings (SSSR count). The summed E-state index contributed by atoms with van der Waals surface area (Å²) in [6, 6.07) is 11.4. The molecule has 0 aliphatic carbocycles. The Bertz CT molecular complexity index is 637. The van der Waals surface area contributed by atoms with E-state index in [-0.39, 0.29) is 17.4 Å². The number of phenolic OH excluding ortho intramolecular Hbond substituents is 1. The third-order valence-electron chi connectivity index (χ3n) is 3.22. The fraction of sp³-hybridized carbons (Fsp3) is 0.188. The average molecular weight is 287 g/mol. The molecule has 1 atom stereocenters. The van der Waals surface area contributed by atoms with Crippen LogP contribution in [0.25, 0.3) is 0 Å². The molecule has 2 aromatic carbocycles. The maximum atomic E-state index is 10.8. The zero-order chi connectivity index (χ0) is 15.4. The van der Waals surface area contributed by atoms with E-state index in [9.17, 15) is 9.90 Å². The topological polar surface area (TPSA) is 78.8 Å². The summed E-state index contributed by atoms with van der Waals surface area (Å²) >= 11 is 0. The summed E-state index contributed by atoms with van der Waals surface area (Å²) in [6.45, 7) is 1.91. The third-order valence-corrected chi connectivity index (χ3v) is 3.22. The number of phenols is 1. The van der Waals surface area contributed by atoms with Crippen LogP contribution in [0.1, 0.15) is 28.9 Å². The zero-order valence-electron chi connectivity index (χ0n) is 11.8. The Balaban J connectivity index is 2.13. The van der Waals surface area contributed by atoms with Crippen molar-refractivity contribution in [3.63, 3.8) is 0 Å².